The zero-order valence-electron chi connectivity index (χ0n) is 12.6. The largest absolute Gasteiger partial charge is 0.381 e. The molecule has 1 aromatic rings. The van der Waals surface area contributed by atoms with Gasteiger partial charge in [0.2, 0.25) is 0 Å². The molecule has 3 N–H and O–H groups in total. The van der Waals surface area contributed by atoms with Crippen LogP contribution in [0.3, 0.4) is 0 Å². The molecule has 0 unspecified atom stereocenters. The Morgan fingerprint density at radius 1 is 1.43 bits per heavy atom. The van der Waals surface area contributed by atoms with Crippen LogP contribution >= 0.6 is 0 Å². The van der Waals surface area contributed by atoms with Gasteiger partial charge >= 0.3 is 6.03 Å². The minimum Gasteiger partial charge on any atom is -0.381 e. The summed E-state index contributed by atoms with van der Waals surface area (Å²) in [6, 6.07) is 1.65. The number of urea groups is 1. The summed E-state index contributed by atoms with van der Waals surface area (Å²) in [5.74, 6) is 0.383. The third-order valence-corrected chi connectivity index (χ3v) is 3.73. The Morgan fingerprint density at radius 3 is 2.90 bits per heavy atom. The molecule has 1 saturated heterocycles. The number of carbonyl (C=O) groups excluding carboxylic acids is 1. The Hall–Kier alpha value is -1.82. The van der Waals surface area contributed by atoms with Gasteiger partial charge in [-0.15, -0.1) is 0 Å². The molecule has 1 atom stereocenters. The van der Waals surface area contributed by atoms with Gasteiger partial charge in [-0.05, 0) is 44.2 Å². The molecule has 6 heteroatoms. The van der Waals surface area contributed by atoms with Gasteiger partial charge in [-0.25, -0.2) is 4.79 Å². The van der Waals surface area contributed by atoms with Crippen LogP contribution in [0.25, 0.3) is 0 Å². The summed E-state index contributed by atoms with van der Waals surface area (Å²) in [7, 11) is 0. The molecule has 1 aliphatic heterocycles. The quantitative estimate of drug-likeness (QED) is 0.780. The van der Waals surface area contributed by atoms with Crippen molar-refractivity contribution in [1.82, 2.24) is 15.6 Å². The van der Waals surface area contributed by atoms with E-state index in [0.29, 0.717) is 24.6 Å². The maximum atomic E-state index is 11.8. The fourth-order valence-corrected chi connectivity index (χ4v) is 2.54. The molecule has 6 nitrogen and oxygen atoms in total. The summed E-state index contributed by atoms with van der Waals surface area (Å²) in [5, 5.41) is 5.56. The average molecular weight is 293 g/mol. The Morgan fingerprint density at radius 2 is 2.24 bits per heavy atom. The van der Waals surface area contributed by atoms with Gasteiger partial charge < -0.3 is 20.4 Å². The van der Waals surface area contributed by atoms with E-state index in [4.69, 9.17) is 4.74 Å². The zero-order valence-corrected chi connectivity index (χ0v) is 12.6. The highest BCUT2D eigenvalue weighted by molar-refractivity contribution is 5.73. The van der Waals surface area contributed by atoms with Gasteiger partial charge in [-0.3, -0.25) is 4.79 Å². The number of ether oxygens (including phenoxy) is 1. The van der Waals surface area contributed by atoms with Gasteiger partial charge in [0.1, 0.15) is 0 Å². The van der Waals surface area contributed by atoms with E-state index in [1.165, 1.54) is 0 Å². The van der Waals surface area contributed by atoms with Crippen LogP contribution in [0.1, 0.15) is 29.7 Å². The van der Waals surface area contributed by atoms with E-state index in [1.807, 2.05) is 19.9 Å². The van der Waals surface area contributed by atoms with Crippen molar-refractivity contribution in [3.8, 4) is 0 Å². The number of aryl methyl sites for hydroxylation is 2. The lowest BCUT2D eigenvalue weighted by Gasteiger charge is -2.22. The molecule has 0 spiro atoms. The summed E-state index contributed by atoms with van der Waals surface area (Å²) in [5.41, 5.74) is 2.16. The summed E-state index contributed by atoms with van der Waals surface area (Å²) < 4.78 is 5.37. The van der Waals surface area contributed by atoms with E-state index in [2.05, 4.69) is 15.6 Å². The molecule has 21 heavy (non-hydrogen) atoms. The first kappa shape index (κ1) is 15.6. The van der Waals surface area contributed by atoms with Gasteiger partial charge in [-0.1, -0.05) is 0 Å². The molecule has 0 saturated carbocycles. The summed E-state index contributed by atoms with van der Waals surface area (Å²) >= 11 is 0. The molecule has 2 amide bonds. The average Bonchev–Trinajstić information content (AvgIpc) is 2.45. The lowest BCUT2D eigenvalue weighted by molar-refractivity contribution is 0.0557. The molecular weight excluding hydrogens is 270 g/mol. The standard InChI is InChI=1S/C15H23N3O3/c1-10-6-11(2)18-14(19)13(10)8-17-15(20)16-7-12-4-3-5-21-9-12/h6,12H,3-5,7-9H2,1-2H3,(H,18,19)(H2,16,17,20)/t12-/m0/s1. The molecule has 0 aliphatic carbocycles. The van der Waals surface area contributed by atoms with Crippen molar-refractivity contribution < 1.29 is 9.53 Å². The van der Waals surface area contributed by atoms with Crippen LogP contribution in [-0.4, -0.2) is 30.8 Å². The first-order valence-electron chi connectivity index (χ1n) is 7.35. The van der Waals surface area contributed by atoms with E-state index >= 15 is 0 Å². The minimum atomic E-state index is -0.250. The first-order valence-corrected chi connectivity index (χ1v) is 7.35. The SMILES string of the molecule is Cc1cc(C)c(CNC(=O)NC[C@@H]2CCCOC2)c(=O)[nH]1. The van der Waals surface area contributed by atoms with Crippen molar-refractivity contribution in [2.45, 2.75) is 33.2 Å². The van der Waals surface area contributed by atoms with Crippen LogP contribution in [-0.2, 0) is 11.3 Å². The molecule has 1 aliphatic rings. The number of aromatic nitrogens is 1. The second-order valence-corrected chi connectivity index (χ2v) is 5.59. The van der Waals surface area contributed by atoms with E-state index < -0.39 is 0 Å². The normalized spacial score (nSPS) is 18.3. The van der Waals surface area contributed by atoms with E-state index in [0.717, 1.165) is 30.7 Å². The number of pyridine rings is 1. The number of nitrogens with one attached hydrogen (secondary N) is 3. The zero-order chi connectivity index (χ0) is 15.2. The third-order valence-electron chi connectivity index (χ3n) is 3.73. The monoisotopic (exact) mass is 293 g/mol. The van der Waals surface area contributed by atoms with Gasteiger partial charge in [0.25, 0.3) is 5.56 Å². The fraction of sp³-hybridized carbons (Fsp3) is 0.600. The number of carbonyl (C=O) groups is 1. The second kappa shape index (κ2) is 7.26. The van der Waals surface area contributed by atoms with Crippen LogP contribution in [0.5, 0.6) is 0 Å². The van der Waals surface area contributed by atoms with Crippen LogP contribution in [0.2, 0.25) is 0 Å². The van der Waals surface area contributed by atoms with Gasteiger partial charge in [0.15, 0.2) is 0 Å². The lowest BCUT2D eigenvalue weighted by atomic mass is 10.0. The van der Waals surface area contributed by atoms with Crippen molar-refractivity contribution >= 4 is 6.03 Å². The molecule has 1 aromatic heterocycles. The fourth-order valence-electron chi connectivity index (χ4n) is 2.54. The van der Waals surface area contributed by atoms with Crippen molar-refractivity contribution in [1.29, 1.82) is 0 Å². The molecule has 2 heterocycles. The van der Waals surface area contributed by atoms with Crippen molar-refractivity contribution in [2.75, 3.05) is 19.8 Å². The Labute approximate surface area is 124 Å². The van der Waals surface area contributed by atoms with Crippen LogP contribution in [0.4, 0.5) is 4.79 Å². The molecule has 0 aromatic carbocycles. The molecule has 0 bridgehead atoms. The Balaban J connectivity index is 1.80. The molecule has 1 fully saturated rings. The molecule has 116 valence electrons. The highest BCUT2D eigenvalue weighted by atomic mass is 16.5. The van der Waals surface area contributed by atoms with E-state index in [9.17, 15) is 9.59 Å². The van der Waals surface area contributed by atoms with E-state index in [1.54, 1.807) is 0 Å². The van der Waals surface area contributed by atoms with Crippen molar-refractivity contribution in [3.05, 3.63) is 33.2 Å². The number of amides is 2. The number of rotatable bonds is 4. The predicted octanol–water partition coefficient (Wildman–Crippen LogP) is 1.22. The van der Waals surface area contributed by atoms with Crippen LogP contribution in [0, 0.1) is 19.8 Å². The Bertz CT molecular complexity index is 548. The first-order chi connectivity index (χ1) is 10.1. The van der Waals surface area contributed by atoms with Crippen molar-refractivity contribution in [3.63, 3.8) is 0 Å². The number of aromatic amines is 1. The topological polar surface area (TPSA) is 83.2 Å². The van der Waals surface area contributed by atoms with E-state index in [-0.39, 0.29) is 18.1 Å². The van der Waals surface area contributed by atoms with Gasteiger partial charge in [0.05, 0.1) is 13.2 Å². The van der Waals surface area contributed by atoms with Gasteiger partial charge in [0, 0.05) is 24.4 Å². The number of hydrogen-bond acceptors (Lipinski definition) is 3. The Kier molecular flexibility index (Phi) is 5.38. The smallest absolute Gasteiger partial charge is 0.315 e. The van der Waals surface area contributed by atoms with Crippen molar-refractivity contribution in [2.24, 2.45) is 5.92 Å². The molecule has 2 rings (SSSR count). The summed E-state index contributed by atoms with van der Waals surface area (Å²) in [6.07, 6.45) is 2.13. The van der Waals surface area contributed by atoms with Crippen LogP contribution in [0.15, 0.2) is 10.9 Å². The second-order valence-electron chi connectivity index (χ2n) is 5.59. The third kappa shape index (κ3) is 4.60. The molecular formula is C15H23N3O3. The highest BCUT2D eigenvalue weighted by Crippen LogP contribution is 2.11. The maximum Gasteiger partial charge on any atom is 0.315 e. The lowest BCUT2D eigenvalue weighted by Crippen LogP contribution is -2.40. The van der Waals surface area contributed by atoms with Gasteiger partial charge in [-0.2, -0.15) is 0 Å². The molecule has 0 radical (unpaired) electrons. The number of H-pyrrole nitrogens is 1. The summed E-state index contributed by atoms with van der Waals surface area (Å²) in [4.78, 5) is 26.4. The predicted molar refractivity (Wildman–Crippen MR) is 80.3 cm³/mol. The van der Waals surface area contributed by atoms with Crippen LogP contribution < -0.4 is 16.2 Å². The summed E-state index contributed by atoms with van der Waals surface area (Å²) in [6.45, 7) is 6.07. The highest BCUT2D eigenvalue weighted by Gasteiger charge is 2.15. The number of hydrogen-bond donors (Lipinski definition) is 3. The maximum absolute atomic E-state index is 11.8. The minimum absolute atomic E-state index is 0.145.